The van der Waals surface area contributed by atoms with Gasteiger partial charge < -0.3 is 20.5 Å². The minimum absolute atomic E-state index is 0.206. The Hall–Kier alpha value is -3.26. The van der Waals surface area contributed by atoms with Crippen LogP contribution in [0.2, 0.25) is 0 Å². The lowest BCUT2D eigenvalue weighted by Gasteiger charge is -2.12. The first kappa shape index (κ1) is 22.4. The van der Waals surface area contributed by atoms with E-state index < -0.39 is 5.91 Å². The van der Waals surface area contributed by atoms with E-state index in [1.165, 1.54) is 11.3 Å². The van der Waals surface area contributed by atoms with Gasteiger partial charge in [0.2, 0.25) is 0 Å². The quantitative estimate of drug-likeness (QED) is 0.530. The van der Waals surface area contributed by atoms with Crippen LogP contribution in [0.1, 0.15) is 50.9 Å². The van der Waals surface area contributed by atoms with E-state index in [2.05, 4.69) is 5.32 Å². The number of carbonyl (C=O) groups is 2. The summed E-state index contributed by atoms with van der Waals surface area (Å²) in [7, 11) is 7.25. The van der Waals surface area contributed by atoms with Crippen LogP contribution in [0.25, 0.3) is 0 Å². The molecule has 0 aliphatic carbocycles. The molecule has 2 aromatic carbocycles. The molecule has 1 heterocycles. The first-order valence-corrected chi connectivity index (χ1v) is 10.5. The van der Waals surface area contributed by atoms with Gasteiger partial charge in [-0.3, -0.25) is 9.59 Å². The van der Waals surface area contributed by atoms with Crippen LogP contribution < -0.4 is 26.0 Å². The summed E-state index contributed by atoms with van der Waals surface area (Å²) in [6.45, 7) is 4.23. The standard InChI is InChI=1S/C23H23BN2O4S/c1-13(2)20-11-18(21(25)27)23(31-20)26-22(28)14-4-9-19(29-3)15(10-14)12-30-17-7-5-16(24)6-8-17/h4-11,13H,12H2,1-3H3,(H2,25,27)(H,26,28). The molecule has 3 aromatic rings. The van der Waals surface area contributed by atoms with Crippen LogP contribution in [0, 0.1) is 0 Å². The summed E-state index contributed by atoms with van der Waals surface area (Å²) in [6.07, 6.45) is 0. The molecule has 2 amide bonds. The van der Waals surface area contributed by atoms with Crippen LogP contribution >= 0.6 is 11.3 Å². The molecule has 0 aliphatic rings. The zero-order valence-corrected chi connectivity index (χ0v) is 18.4. The highest BCUT2D eigenvalue weighted by Gasteiger charge is 2.19. The molecule has 0 saturated carbocycles. The molecular weight excluding hydrogens is 411 g/mol. The monoisotopic (exact) mass is 434 g/mol. The average molecular weight is 434 g/mol. The Morgan fingerprint density at radius 2 is 1.84 bits per heavy atom. The Morgan fingerprint density at radius 3 is 2.45 bits per heavy atom. The molecular formula is C23H23BN2O4S. The molecule has 0 bridgehead atoms. The lowest BCUT2D eigenvalue weighted by Crippen LogP contribution is -2.16. The van der Waals surface area contributed by atoms with Crippen LogP contribution in [-0.4, -0.2) is 26.8 Å². The molecule has 0 saturated heterocycles. The van der Waals surface area contributed by atoms with Crippen LogP contribution in [0.15, 0.2) is 48.5 Å². The highest BCUT2D eigenvalue weighted by atomic mass is 32.1. The molecule has 6 nitrogen and oxygen atoms in total. The van der Waals surface area contributed by atoms with Crippen molar-refractivity contribution in [2.75, 3.05) is 12.4 Å². The molecule has 0 spiro atoms. The third-order valence-electron chi connectivity index (χ3n) is 4.63. The third kappa shape index (κ3) is 5.46. The number of nitrogens with two attached hydrogens (primary N) is 1. The molecule has 0 unspecified atom stereocenters. The van der Waals surface area contributed by atoms with E-state index in [0.29, 0.717) is 38.7 Å². The van der Waals surface area contributed by atoms with E-state index in [1.807, 2.05) is 13.8 Å². The van der Waals surface area contributed by atoms with Crippen molar-refractivity contribution < 1.29 is 19.1 Å². The maximum absolute atomic E-state index is 12.9. The van der Waals surface area contributed by atoms with Gasteiger partial charge in [-0.2, -0.15) is 0 Å². The number of thiophene rings is 1. The number of methoxy groups -OCH3 is 1. The molecule has 0 fully saturated rings. The van der Waals surface area contributed by atoms with E-state index in [1.54, 1.807) is 55.6 Å². The number of primary amides is 1. The van der Waals surface area contributed by atoms with E-state index in [0.717, 1.165) is 4.88 Å². The molecule has 1 aromatic heterocycles. The van der Waals surface area contributed by atoms with Gasteiger partial charge >= 0.3 is 0 Å². The number of amides is 2. The van der Waals surface area contributed by atoms with Gasteiger partial charge in [0.05, 0.1) is 12.7 Å². The fourth-order valence-electron chi connectivity index (χ4n) is 2.90. The number of ether oxygens (including phenoxy) is 2. The average Bonchev–Trinajstić information content (AvgIpc) is 3.17. The lowest BCUT2D eigenvalue weighted by molar-refractivity contribution is 0.100. The van der Waals surface area contributed by atoms with Crippen molar-refractivity contribution in [3.8, 4) is 11.5 Å². The topological polar surface area (TPSA) is 90.6 Å². The first-order valence-electron chi connectivity index (χ1n) is 9.68. The van der Waals surface area contributed by atoms with Gasteiger partial charge in [-0.25, -0.2) is 0 Å². The lowest BCUT2D eigenvalue weighted by atomic mass is 9.97. The van der Waals surface area contributed by atoms with Crippen molar-refractivity contribution in [2.24, 2.45) is 5.73 Å². The number of anilines is 1. The van der Waals surface area contributed by atoms with Gasteiger partial charge in [-0.15, -0.1) is 11.3 Å². The maximum Gasteiger partial charge on any atom is 0.256 e. The summed E-state index contributed by atoms with van der Waals surface area (Å²) in [5, 5.41) is 3.25. The Labute approximate surface area is 186 Å². The summed E-state index contributed by atoms with van der Waals surface area (Å²) in [5.41, 5.74) is 7.55. The highest BCUT2D eigenvalue weighted by molar-refractivity contribution is 7.16. The van der Waals surface area contributed by atoms with Crippen LogP contribution in [0.4, 0.5) is 5.00 Å². The molecule has 0 atom stereocenters. The molecule has 158 valence electrons. The van der Waals surface area contributed by atoms with Crippen molar-refractivity contribution in [3.63, 3.8) is 0 Å². The minimum atomic E-state index is -0.578. The zero-order valence-electron chi connectivity index (χ0n) is 17.6. The summed E-state index contributed by atoms with van der Waals surface area (Å²) < 4.78 is 11.2. The molecule has 3 N–H and O–H groups in total. The Bertz CT molecular complexity index is 1090. The molecule has 0 aliphatic heterocycles. The summed E-state index contributed by atoms with van der Waals surface area (Å²) in [4.78, 5) is 25.6. The zero-order chi connectivity index (χ0) is 22.5. The van der Waals surface area contributed by atoms with Crippen molar-refractivity contribution in [1.82, 2.24) is 0 Å². The van der Waals surface area contributed by atoms with Crippen molar-refractivity contribution >= 4 is 41.5 Å². The summed E-state index contributed by atoms with van der Waals surface area (Å²) >= 11 is 1.35. The van der Waals surface area contributed by atoms with E-state index >= 15 is 0 Å². The number of rotatable bonds is 8. The predicted molar refractivity (Wildman–Crippen MR) is 124 cm³/mol. The van der Waals surface area contributed by atoms with Crippen molar-refractivity contribution in [3.05, 3.63) is 70.1 Å². The van der Waals surface area contributed by atoms with Gasteiger partial charge in [0.25, 0.3) is 11.8 Å². The molecule has 3 rings (SSSR count). The largest absolute Gasteiger partial charge is 0.496 e. The first-order chi connectivity index (χ1) is 14.8. The van der Waals surface area contributed by atoms with Gasteiger partial charge in [-0.1, -0.05) is 31.4 Å². The van der Waals surface area contributed by atoms with Crippen molar-refractivity contribution in [1.29, 1.82) is 0 Å². The van der Waals surface area contributed by atoms with E-state index in [4.69, 9.17) is 23.1 Å². The number of hydrogen-bond acceptors (Lipinski definition) is 5. The van der Waals surface area contributed by atoms with Crippen LogP contribution in [0.3, 0.4) is 0 Å². The van der Waals surface area contributed by atoms with E-state index in [9.17, 15) is 9.59 Å². The van der Waals surface area contributed by atoms with Crippen LogP contribution in [0.5, 0.6) is 11.5 Å². The Kier molecular flexibility index (Phi) is 7.02. The number of hydrogen-bond donors (Lipinski definition) is 2. The number of carbonyl (C=O) groups excluding carboxylic acids is 2. The van der Waals surface area contributed by atoms with Gasteiger partial charge in [0.15, 0.2) is 0 Å². The number of nitrogens with one attached hydrogen (secondary N) is 1. The molecule has 31 heavy (non-hydrogen) atoms. The van der Waals surface area contributed by atoms with Crippen LogP contribution in [-0.2, 0) is 6.61 Å². The normalized spacial score (nSPS) is 10.7. The molecule has 8 heteroatoms. The van der Waals surface area contributed by atoms with Gasteiger partial charge in [0, 0.05) is 16.0 Å². The molecule has 2 radical (unpaired) electrons. The second-order valence-corrected chi connectivity index (χ2v) is 8.33. The van der Waals surface area contributed by atoms with E-state index in [-0.39, 0.29) is 18.4 Å². The Morgan fingerprint density at radius 1 is 1.13 bits per heavy atom. The highest BCUT2D eigenvalue weighted by Crippen LogP contribution is 2.33. The Balaban J connectivity index is 1.81. The smallest absolute Gasteiger partial charge is 0.256 e. The summed E-state index contributed by atoms with van der Waals surface area (Å²) in [5.74, 6) is 0.536. The maximum atomic E-state index is 12.9. The fraction of sp³-hybridized carbons (Fsp3) is 0.217. The summed E-state index contributed by atoms with van der Waals surface area (Å²) in [6, 6.07) is 13.8. The third-order valence-corrected chi connectivity index (χ3v) is 5.98. The van der Waals surface area contributed by atoms with Crippen molar-refractivity contribution in [2.45, 2.75) is 26.4 Å². The SMILES string of the molecule is [B]c1ccc(OCc2cc(C(=O)Nc3sc(C(C)C)cc3C(N)=O)ccc2OC)cc1. The second-order valence-electron chi connectivity index (χ2n) is 7.25. The second kappa shape index (κ2) is 9.70. The fourth-order valence-corrected chi connectivity index (χ4v) is 3.96. The number of benzene rings is 2. The van der Waals surface area contributed by atoms with Gasteiger partial charge in [0.1, 0.15) is 31.0 Å². The minimum Gasteiger partial charge on any atom is -0.496 e. The predicted octanol–water partition coefficient (Wildman–Crippen LogP) is 3.60. The van der Waals surface area contributed by atoms with Gasteiger partial charge in [-0.05, 0) is 42.3 Å².